The van der Waals surface area contributed by atoms with E-state index in [0.717, 1.165) is 0 Å². The van der Waals surface area contributed by atoms with Crippen molar-refractivity contribution in [2.45, 2.75) is 6.92 Å². The van der Waals surface area contributed by atoms with Crippen LogP contribution in [0.25, 0.3) is 0 Å². The molecule has 2 aromatic carbocycles. The van der Waals surface area contributed by atoms with E-state index in [9.17, 15) is 19.7 Å². The molecule has 0 saturated heterocycles. The Labute approximate surface area is 137 Å². The number of hydrogen-bond donors (Lipinski definition) is 2. The second kappa shape index (κ2) is 7.23. The minimum atomic E-state index is -0.929. The predicted octanol–water partition coefficient (Wildman–Crippen LogP) is 2.49. The summed E-state index contributed by atoms with van der Waals surface area (Å²) in [6, 6.07) is 10.5. The van der Waals surface area contributed by atoms with Gasteiger partial charge in [0, 0.05) is 23.9 Å². The maximum Gasteiger partial charge on any atom is 0.314 e. The molecule has 0 heterocycles. The lowest BCUT2D eigenvalue weighted by Crippen LogP contribution is -2.29. The highest BCUT2D eigenvalue weighted by Gasteiger charge is 2.17. The standard InChI is InChI=1S/C16H15N3O5/c1-10-6-7-12(19(22)23)9-14(10)18-16(21)15(20)17-11-4-3-5-13(8-11)24-2/h3-9H,1-2H3,(H,17,20)(H,18,21). The molecule has 2 rings (SSSR count). The van der Waals surface area contributed by atoms with Crippen LogP contribution in [0.15, 0.2) is 42.5 Å². The minimum Gasteiger partial charge on any atom is -0.497 e. The number of carbonyl (C=O) groups excluding carboxylic acids is 2. The van der Waals surface area contributed by atoms with E-state index in [2.05, 4.69) is 10.6 Å². The van der Waals surface area contributed by atoms with Gasteiger partial charge in [-0.3, -0.25) is 19.7 Å². The van der Waals surface area contributed by atoms with Crippen molar-refractivity contribution in [3.05, 3.63) is 58.1 Å². The lowest BCUT2D eigenvalue weighted by Gasteiger charge is -2.09. The molecule has 0 unspecified atom stereocenters. The molecule has 2 amide bonds. The Morgan fingerprint density at radius 1 is 1.08 bits per heavy atom. The summed E-state index contributed by atoms with van der Waals surface area (Å²) < 4.78 is 5.03. The molecular formula is C16H15N3O5. The first-order valence-electron chi connectivity index (χ1n) is 6.92. The average Bonchev–Trinajstić information content (AvgIpc) is 2.56. The fraction of sp³-hybridized carbons (Fsp3) is 0.125. The number of methoxy groups -OCH3 is 1. The maximum atomic E-state index is 12.0. The van der Waals surface area contributed by atoms with Crippen LogP contribution in [0.4, 0.5) is 17.1 Å². The summed E-state index contributed by atoms with van der Waals surface area (Å²) in [6.07, 6.45) is 0. The molecule has 0 radical (unpaired) electrons. The molecule has 0 saturated carbocycles. The number of carbonyl (C=O) groups is 2. The molecule has 0 bridgehead atoms. The molecule has 2 N–H and O–H groups in total. The zero-order valence-electron chi connectivity index (χ0n) is 13.0. The Hall–Kier alpha value is -3.42. The topological polar surface area (TPSA) is 111 Å². The van der Waals surface area contributed by atoms with Crippen molar-refractivity contribution in [2.75, 3.05) is 17.7 Å². The number of amides is 2. The number of nitrogens with one attached hydrogen (secondary N) is 2. The number of anilines is 2. The largest absolute Gasteiger partial charge is 0.497 e. The molecule has 0 aliphatic heterocycles. The monoisotopic (exact) mass is 329 g/mol. The summed E-state index contributed by atoms with van der Waals surface area (Å²) in [5.74, 6) is -1.29. The molecule has 0 aliphatic rings. The molecule has 2 aromatic rings. The van der Waals surface area contributed by atoms with E-state index in [0.29, 0.717) is 17.0 Å². The fourth-order valence-electron chi connectivity index (χ4n) is 1.93. The average molecular weight is 329 g/mol. The van der Waals surface area contributed by atoms with Crippen LogP contribution in [0.3, 0.4) is 0 Å². The third-order valence-corrected chi connectivity index (χ3v) is 3.21. The summed E-state index contributed by atoms with van der Waals surface area (Å²) >= 11 is 0. The van der Waals surface area contributed by atoms with Crippen molar-refractivity contribution in [3.8, 4) is 5.75 Å². The molecule has 24 heavy (non-hydrogen) atoms. The number of non-ortho nitro benzene ring substituents is 1. The van der Waals surface area contributed by atoms with E-state index in [1.807, 2.05) is 0 Å². The summed E-state index contributed by atoms with van der Waals surface area (Å²) in [5.41, 5.74) is 1.02. The summed E-state index contributed by atoms with van der Waals surface area (Å²) in [6.45, 7) is 1.67. The van der Waals surface area contributed by atoms with Crippen LogP contribution in [0.2, 0.25) is 0 Å². The number of nitro groups is 1. The van der Waals surface area contributed by atoms with Gasteiger partial charge < -0.3 is 15.4 Å². The fourth-order valence-corrected chi connectivity index (χ4v) is 1.93. The van der Waals surface area contributed by atoms with Crippen molar-refractivity contribution in [1.29, 1.82) is 0 Å². The van der Waals surface area contributed by atoms with Crippen molar-refractivity contribution < 1.29 is 19.2 Å². The minimum absolute atomic E-state index is 0.177. The molecule has 0 fully saturated rings. The van der Waals surface area contributed by atoms with E-state index >= 15 is 0 Å². The van der Waals surface area contributed by atoms with E-state index < -0.39 is 16.7 Å². The second-order valence-corrected chi connectivity index (χ2v) is 4.90. The van der Waals surface area contributed by atoms with Gasteiger partial charge in [0.15, 0.2) is 0 Å². The molecule has 0 spiro atoms. The summed E-state index contributed by atoms with van der Waals surface area (Å²) in [7, 11) is 1.48. The van der Waals surface area contributed by atoms with Crippen LogP contribution < -0.4 is 15.4 Å². The number of hydrogen-bond acceptors (Lipinski definition) is 5. The number of benzene rings is 2. The van der Waals surface area contributed by atoms with Crippen molar-refractivity contribution >= 4 is 28.9 Å². The van der Waals surface area contributed by atoms with Crippen LogP contribution in [-0.4, -0.2) is 23.8 Å². The van der Waals surface area contributed by atoms with Gasteiger partial charge in [-0.1, -0.05) is 12.1 Å². The van der Waals surface area contributed by atoms with Gasteiger partial charge in [0.05, 0.1) is 17.7 Å². The van der Waals surface area contributed by atoms with Gasteiger partial charge >= 0.3 is 11.8 Å². The van der Waals surface area contributed by atoms with Crippen molar-refractivity contribution in [1.82, 2.24) is 0 Å². The highest BCUT2D eigenvalue weighted by atomic mass is 16.6. The third-order valence-electron chi connectivity index (χ3n) is 3.21. The highest BCUT2D eigenvalue weighted by Crippen LogP contribution is 2.22. The van der Waals surface area contributed by atoms with Crippen molar-refractivity contribution in [2.24, 2.45) is 0 Å². The van der Waals surface area contributed by atoms with Gasteiger partial charge in [0.25, 0.3) is 5.69 Å². The van der Waals surface area contributed by atoms with Gasteiger partial charge in [-0.15, -0.1) is 0 Å². The molecule has 8 heteroatoms. The quantitative estimate of drug-likeness (QED) is 0.508. The number of ether oxygens (including phenoxy) is 1. The Balaban J connectivity index is 2.10. The van der Waals surface area contributed by atoms with Crippen LogP contribution in [0.5, 0.6) is 5.75 Å². The van der Waals surface area contributed by atoms with Crippen LogP contribution in [0.1, 0.15) is 5.56 Å². The molecule has 0 atom stereocenters. The van der Waals surface area contributed by atoms with Crippen LogP contribution >= 0.6 is 0 Å². The summed E-state index contributed by atoms with van der Waals surface area (Å²) in [4.78, 5) is 34.1. The number of nitrogens with zero attached hydrogens (tertiary/aromatic N) is 1. The normalized spacial score (nSPS) is 9.92. The Morgan fingerprint density at radius 3 is 2.46 bits per heavy atom. The van der Waals surface area contributed by atoms with Gasteiger partial charge in [0.1, 0.15) is 5.75 Å². The van der Waals surface area contributed by atoms with E-state index in [-0.39, 0.29) is 11.4 Å². The van der Waals surface area contributed by atoms with Crippen LogP contribution in [0, 0.1) is 17.0 Å². The highest BCUT2D eigenvalue weighted by molar-refractivity contribution is 6.43. The van der Waals surface area contributed by atoms with Crippen LogP contribution in [-0.2, 0) is 9.59 Å². The van der Waals surface area contributed by atoms with E-state index in [4.69, 9.17) is 4.74 Å². The van der Waals surface area contributed by atoms with E-state index in [1.54, 1.807) is 31.2 Å². The third kappa shape index (κ3) is 4.07. The second-order valence-electron chi connectivity index (χ2n) is 4.90. The number of rotatable bonds is 4. The first-order chi connectivity index (χ1) is 11.4. The van der Waals surface area contributed by atoms with E-state index in [1.165, 1.54) is 25.3 Å². The first-order valence-corrected chi connectivity index (χ1v) is 6.92. The number of nitro benzene ring substituents is 1. The number of aryl methyl sites for hydroxylation is 1. The lowest BCUT2D eigenvalue weighted by atomic mass is 10.2. The Kier molecular flexibility index (Phi) is 5.10. The Morgan fingerprint density at radius 2 is 1.79 bits per heavy atom. The zero-order valence-corrected chi connectivity index (χ0v) is 13.0. The molecule has 8 nitrogen and oxygen atoms in total. The van der Waals surface area contributed by atoms with Gasteiger partial charge in [-0.25, -0.2) is 0 Å². The van der Waals surface area contributed by atoms with Gasteiger partial charge in [-0.2, -0.15) is 0 Å². The first kappa shape index (κ1) is 16.9. The van der Waals surface area contributed by atoms with Gasteiger partial charge in [-0.05, 0) is 24.6 Å². The SMILES string of the molecule is COc1cccc(NC(=O)C(=O)Nc2cc([N+](=O)[O-])ccc2C)c1. The molecule has 124 valence electrons. The van der Waals surface area contributed by atoms with Crippen molar-refractivity contribution in [3.63, 3.8) is 0 Å². The zero-order chi connectivity index (χ0) is 17.7. The lowest BCUT2D eigenvalue weighted by molar-refractivity contribution is -0.384. The van der Waals surface area contributed by atoms with Gasteiger partial charge in [0.2, 0.25) is 0 Å². The summed E-state index contributed by atoms with van der Waals surface area (Å²) in [5, 5.41) is 15.6. The molecular weight excluding hydrogens is 314 g/mol. The maximum absolute atomic E-state index is 12.0. The predicted molar refractivity (Wildman–Crippen MR) is 88.1 cm³/mol. The molecule has 0 aromatic heterocycles. The Bertz CT molecular complexity index is 804. The smallest absolute Gasteiger partial charge is 0.314 e. The molecule has 0 aliphatic carbocycles.